The zero-order valence-corrected chi connectivity index (χ0v) is 26.5. The Labute approximate surface area is 277 Å². The SMILES string of the molecule is CO[C@@H]1[C@@H](O)[C@@H](CO)[C@@H](NC2=CC(=O)c3c(cc4c(c3O)C(=O)[C@]3(OC)C(O)Cc5cc(C)c(C(=O)O)c(O)c5[C@]3(O)C4=O)C2=O)O[C@H]1C. The Morgan fingerprint density at radius 3 is 2.31 bits per heavy atom. The molecular weight excluding hydrogens is 650 g/mol. The maximum atomic E-state index is 14.5. The number of methoxy groups -OCH3 is 2. The first kappa shape index (κ1) is 34.3. The Morgan fingerprint density at radius 2 is 1.71 bits per heavy atom. The van der Waals surface area contributed by atoms with Gasteiger partial charge in [0, 0.05) is 43.4 Å². The van der Waals surface area contributed by atoms with Crippen LogP contribution in [0.4, 0.5) is 0 Å². The first-order chi connectivity index (χ1) is 23.0. The van der Waals surface area contributed by atoms with Crippen LogP contribution in [-0.4, -0.2) is 122 Å². The number of rotatable bonds is 6. The van der Waals surface area contributed by atoms with Gasteiger partial charge in [0.2, 0.25) is 17.3 Å². The molecule has 4 aliphatic rings. The third kappa shape index (κ3) is 4.32. The van der Waals surface area contributed by atoms with E-state index in [4.69, 9.17) is 14.2 Å². The van der Waals surface area contributed by atoms with Crippen LogP contribution in [0.2, 0.25) is 0 Å². The van der Waals surface area contributed by atoms with Gasteiger partial charge in [-0.05, 0) is 31.0 Å². The largest absolute Gasteiger partial charge is 0.507 e. The van der Waals surface area contributed by atoms with E-state index in [0.29, 0.717) is 0 Å². The van der Waals surface area contributed by atoms with Crippen molar-refractivity contribution in [1.29, 1.82) is 0 Å². The number of phenolic OH excluding ortho intramolecular Hbond substituents is 1. The predicted octanol–water partition coefficient (Wildman–Crippen LogP) is -0.745. The molecule has 0 saturated carbocycles. The number of ether oxygens (including phenoxy) is 3. The summed E-state index contributed by atoms with van der Waals surface area (Å²) in [6.45, 7) is 2.30. The van der Waals surface area contributed by atoms with Crippen LogP contribution in [-0.2, 0) is 26.2 Å². The van der Waals surface area contributed by atoms with Crippen LogP contribution in [0.5, 0.6) is 11.5 Å². The minimum Gasteiger partial charge on any atom is -0.507 e. The third-order valence-electron chi connectivity index (χ3n) is 10.1. The van der Waals surface area contributed by atoms with Gasteiger partial charge in [-0.2, -0.15) is 0 Å². The second-order valence-electron chi connectivity index (χ2n) is 12.5. The summed E-state index contributed by atoms with van der Waals surface area (Å²) in [4.78, 5) is 68.2. The number of fused-ring (bicyclic) bond motifs is 5. The predicted molar refractivity (Wildman–Crippen MR) is 162 cm³/mol. The molecule has 1 aliphatic heterocycles. The van der Waals surface area contributed by atoms with Gasteiger partial charge in [0.15, 0.2) is 17.0 Å². The number of carboxylic acids is 1. The lowest BCUT2D eigenvalue weighted by molar-refractivity contribution is -0.214. The molecule has 0 bridgehead atoms. The lowest BCUT2D eigenvalue weighted by Gasteiger charge is -2.52. The van der Waals surface area contributed by atoms with Crippen LogP contribution in [0, 0.1) is 12.8 Å². The van der Waals surface area contributed by atoms with Crippen molar-refractivity contribution in [2.45, 2.75) is 62.1 Å². The molecule has 49 heavy (non-hydrogen) atoms. The summed E-state index contributed by atoms with van der Waals surface area (Å²) in [7, 11) is 2.22. The number of aromatic hydroxyl groups is 2. The number of hydrogen-bond donors (Lipinski definition) is 8. The Hall–Kier alpha value is -4.55. The maximum Gasteiger partial charge on any atom is 0.339 e. The minimum absolute atomic E-state index is 0.0205. The standard InChI is InChI=1S/C33H33NO15/c1-10-5-12-6-18(37)33(48-4)29(43)21-14(28(42)32(33,46)22(12)26(41)19(10)31(44)45)7-13-20(25(21)40)17(36)8-16(23(13)38)34-30-15(9-35)24(39)27(47-3)11(2)49-30/h5,7-8,11,15,18,24,27,30,34-35,37,39-41,46H,6,9H2,1-4H3,(H,44,45)/t11-,15+,18?,24-,27-,30-,32-,33+/m0/s1. The number of carboxylic acid groups (broad SMARTS) is 1. The average Bonchev–Trinajstić information content (AvgIpc) is 3.02. The molecule has 0 radical (unpaired) electrons. The van der Waals surface area contributed by atoms with Crippen molar-refractivity contribution in [2.75, 3.05) is 20.8 Å². The topological polar surface area (TPSA) is 267 Å². The fourth-order valence-electron chi connectivity index (χ4n) is 7.80. The Morgan fingerprint density at radius 1 is 1.04 bits per heavy atom. The fraction of sp³-hybridized carbons (Fsp3) is 0.424. The van der Waals surface area contributed by atoms with Gasteiger partial charge in [-0.3, -0.25) is 19.2 Å². The van der Waals surface area contributed by atoms with Crippen LogP contribution in [0.15, 0.2) is 23.9 Å². The lowest BCUT2D eigenvalue weighted by Crippen LogP contribution is -2.73. The highest BCUT2D eigenvalue weighted by atomic mass is 16.6. The van der Waals surface area contributed by atoms with Gasteiger partial charge in [0.25, 0.3) is 0 Å². The number of aliphatic hydroxyl groups excluding tert-OH is 3. The van der Waals surface area contributed by atoms with Crippen LogP contribution in [0.25, 0.3) is 0 Å². The number of hydrogen-bond acceptors (Lipinski definition) is 15. The number of nitrogens with one attached hydrogen (secondary N) is 1. The lowest BCUT2D eigenvalue weighted by atomic mass is 9.56. The van der Waals surface area contributed by atoms with Gasteiger partial charge in [-0.1, -0.05) is 6.07 Å². The molecule has 1 heterocycles. The number of carbonyl (C=O) groups is 5. The highest BCUT2D eigenvalue weighted by Crippen LogP contribution is 2.56. The number of ketones is 4. The van der Waals surface area contributed by atoms with Crippen LogP contribution < -0.4 is 5.32 Å². The zero-order valence-electron chi connectivity index (χ0n) is 26.5. The van der Waals surface area contributed by atoms with E-state index in [1.165, 1.54) is 20.1 Å². The molecule has 8 atom stereocenters. The normalized spacial score (nSPS) is 32.1. The molecule has 260 valence electrons. The molecule has 6 rings (SSSR count). The van der Waals surface area contributed by atoms with E-state index in [9.17, 15) is 59.7 Å². The Bertz CT molecular complexity index is 1900. The molecule has 0 aromatic heterocycles. The van der Waals surface area contributed by atoms with Gasteiger partial charge in [-0.25, -0.2) is 4.79 Å². The Kier molecular flexibility index (Phi) is 8.07. The van der Waals surface area contributed by atoms with Crippen LogP contribution >= 0.6 is 0 Å². The van der Waals surface area contributed by atoms with Gasteiger partial charge < -0.3 is 55.3 Å². The van der Waals surface area contributed by atoms with Gasteiger partial charge in [0.05, 0.1) is 47.7 Å². The van der Waals surface area contributed by atoms with E-state index in [-0.39, 0.29) is 11.1 Å². The minimum atomic E-state index is -3.30. The van der Waals surface area contributed by atoms with Crippen LogP contribution in [0.1, 0.15) is 75.4 Å². The smallest absolute Gasteiger partial charge is 0.339 e. The maximum absolute atomic E-state index is 14.5. The first-order valence-electron chi connectivity index (χ1n) is 15.1. The highest BCUT2D eigenvalue weighted by Gasteiger charge is 2.72. The molecule has 0 amide bonds. The van der Waals surface area contributed by atoms with E-state index in [1.807, 2.05) is 0 Å². The summed E-state index contributed by atoms with van der Waals surface area (Å²) in [6, 6.07) is 2.02. The average molecular weight is 684 g/mol. The second-order valence-corrected chi connectivity index (χ2v) is 12.5. The fourth-order valence-corrected chi connectivity index (χ4v) is 7.80. The van der Waals surface area contributed by atoms with Crippen LogP contribution in [0.3, 0.4) is 0 Å². The summed E-state index contributed by atoms with van der Waals surface area (Å²) < 4.78 is 16.5. The van der Waals surface area contributed by atoms with Crippen molar-refractivity contribution in [3.8, 4) is 11.5 Å². The number of aryl methyl sites for hydroxylation is 1. The van der Waals surface area contributed by atoms with Crippen molar-refractivity contribution in [3.05, 3.63) is 68.4 Å². The van der Waals surface area contributed by atoms with E-state index < -0.39 is 140 Å². The Balaban J connectivity index is 1.51. The summed E-state index contributed by atoms with van der Waals surface area (Å²) in [6.07, 6.45) is -5.75. The summed E-state index contributed by atoms with van der Waals surface area (Å²) in [5.41, 5.74) is -11.0. The number of benzene rings is 2. The van der Waals surface area contributed by atoms with Crippen molar-refractivity contribution in [2.24, 2.45) is 5.92 Å². The van der Waals surface area contributed by atoms with E-state index in [1.54, 1.807) is 6.92 Å². The molecule has 1 fully saturated rings. The molecular formula is C33H33NO15. The quantitative estimate of drug-likeness (QED) is 0.186. The molecule has 0 spiro atoms. The zero-order chi connectivity index (χ0) is 36.1. The van der Waals surface area contributed by atoms with Gasteiger partial charge in [0.1, 0.15) is 29.4 Å². The molecule has 2 aromatic rings. The highest BCUT2D eigenvalue weighted by molar-refractivity contribution is 6.30. The third-order valence-corrected chi connectivity index (χ3v) is 10.1. The van der Waals surface area contributed by atoms with Gasteiger partial charge >= 0.3 is 5.97 Å². The van der Waals surface area contributed by atoms with E-state index >= 15 is 0 Å². The van der Waals surface area contributed by atoms with E-state index in [2.05, 4.69) is 5.32 Å². The number of phenols is 2. The number of carbonyl (C=O) groups excluding carboxylic acids is 4. The number of Topliss-reactive ketones (excluding diaryl/α,β-unsaturated/α-hetero) is 3. The molecule has 2 aromatic carbocycles. The summed E-state index contributed by atoms with van der Waals surface area (Å²) >= 11 is 0. The molecule has 1 unspecified atom stereocenters. The molecule has 16 heteroatoms. The summed E-state index contributed by atoms with van der Waals surface area (Å²) in [5.74, 6) is -9.68. The molecule has 1 saturated heterocycles. The second kappa shape index (κ2) is 11.5. The van der Waals surface area contributed by atoms with Crippen molar-refractivity contribution < 1.29 is 73.9 Å². The molecule has 8 N–H and O–H groups in total. The number of aromatic carboxylic acids is 1. The molecule has 16 nitrogen and oxygen atoms in total. The van der Waals surface area contributed by atoms with Gasteiger partial charge in [-0.15, -0.1) is 0 Å². The monoisotopic (exact) mass is 683 g/mol. The number of allylic oxidation sites excluding steroid dienone is 2. The summed E-state index contributed by atoms with van der Waals surface area (Å²) in [5, 5.41) is 79.5. The van der Waals surface area contributed by atoms with Crippen molar-refractivity contribution in [1.82, 2.24) is 5.32 Å². The van der Waals surface area contributed by atoms with E-state index in [0.717, 1.165) is 19.3 Å². The molecule has 3 aliphatic carbocycles. The first-order valence-corrected chi connectivity index (χ1v) is 15.1. The number of aliphatic hydroxyl groups is 4. The van der Waals surface area contributed by atoms with Crippen molar-refractivity contribution in [3.63, 3.8) is 0 Å². The van der Waals surface area contributed by atoms with Crippen molar-refractivity contribution >= 4 is 29.1 Å².